The smallest absolute Gasteiger partial charge is 0.393 e. The van der Waals surface area contributed by atoms with Gasteiger partial charge in [0.1, 0.15) is 0 Å². The second-order valence-electron chi connectivity index (χ2n) is 17.6. The predicted molar refractivity (Wildman–Crippen MR) is 260 cm³/mol. The number of aliphatic hydroxyl groups is 2. The molecule has 0 aliphatic carbocycles. The third-order valence-electron chi connectivity index (χ3n) is 11.5. The van der Waals surface area contributed by atoms with Gasteiger partial charge in [0.15, 0.2) is 0 Å². The maximum Gasteiger partial charge on any atom is 0.472 e. The molecule has 9 nitrogen and oxygen atoms in total. The largest absolute Gasteiger partial charge is 0.472 e. The molecular formula is C51H99N2O7P. The first-order valence-corrected chi connectivity index (χ1v) is 27.2. The SMILES string of the molecule is CCCCCCCCCCCCC/C=C/CC/C=C/CC/C=C/C(O)C(COP(=O)(O)OCCN)NC(=O)CC(O)CCCCCCCCCCCCCCCCCCCC. The van der Waals surface area contributed by atoms with Crippen molar-refractivity contribution >= 4 is 13.7 Å². The lowest BCUT2D eigenvalue weighted by molar-refractivity contribution is -0.124. The zero-order valence-corrected chi connectivity index (χ0v) is 40.7. The van der Waals surface area contributed by atoms with Gasteiger partial charge in [0.2, 0.25) is 5.91 Å². The van der Waals surface area contributed by atoms with Crippen LogP contribution in [0.4, 0.5) is 0 Å². The number of carbonyl (C=O) groups is 1. The number of phosphoric acid groups is 1. The molecule has 0 saturated heterocycles. The maximum atomic E-state index is 12.9. The van der Waals surface area contributed by atoms with Crippen molar-refractivity contribution in [2.24, 2.45) is 5.73 Å². The summed E-state index contributed by atoms with van der Waals surface area (Å²) in [5.74, 6) is -0.456. The Hall–Kier alpha value is -1.32. The van der Waals surface area contributed by atoms with Gasteiger partial charge in [-0.15, -0.1) is 0 Å². The molecule has 0 aliphatic heterocycles. The van der Waals surface area contributed by atoms with Crippen molar-refractivity contribution in [3.8, 4) is 0 Å². The summed E-state index contributed by atoms with van der Waals surface area (Å²) >= 11 is 0. The average Bonchev–Trinajstić information content (AvgIpc) is 3.24. The van der Waals surface area contributed by atoms with Gasteiger partial charge in [-0.3, -0.25) is 13.8 Å². The van der Waals surface area contributed by atoms with Crippen LogP contribution >= 0.6 is 7.82 Å². The highest BCUT2D eigenvalue weighted by Gasteiger charge is 2.27. The molecule has 0 aromatic heterocycles. The van der Waals surface area contributed by atoms with E-state index in [-0.39, 0.29) is 19.6 Å². The molecule has 0 aliphatic rings. The Labute approximate surface area is 376 Å². The highest BCUT2D eigenvalue weighted by Crippen LogP contribution is 2.43. The van der Waals surface area contributed by atoms with Gasteiger partial charge < -0.3 is 26.2 Å². The summed E-state index contributed by atoms with van der Waals surface area (Å²) < 4.78 is 22.1. The molecule has 0 heterocycles. The van der Waals surface area contributed by atoms with Crippen LogP contribution in [0.15, 0.2) is 36.5 Å². The minimum absolute atomic E-state index is 0.0431. The second kappa shape index (κ2) is 46.7. The van der Waals surface area contributed by atoms with E-state index in [1.807, 2.05) is 6.08 Å². The Kier molecular flexibility index (Phi) is 45.7. The van der Waals surface area contributed by atoms with Crippen molar-refractivity contribution in [2.75, 3.05) is 19.8 Å². The number of hydrogen-bond donors (Lipinski definition) is 5. The maximum absolute atomic E-state index is 12.9. The van der Waals surface area contributed by atoms with Crippen molar-refractivity contribution in [1.82, 2.24) is 5.32 Å². The van der Waals surface area contributed by atoms with E-state index in [0.717, 1.165) is 44.9 Å². The van der Waals surface area contributed by atoms with Crippen LogP contribution in [0.3, 0.4) is 0 Å². The van der Waals surface area contributed by atoms with E-state index in [9.17, 15) is 24.5 Å². The molecule has 6 N–H and O–H groups in total. The Balaban J connectivity index is 4.26. The number of phosphoric ester groups is 1. The molecule has 0 saturated carbocycles. The fourth-order valence-corrected chi connectivity index (χ4v) is 8.38. The molecule has 360 valence electrons. The van der Waals surface area contributed by atoms with E-state index in [2.05, 4.69) is 43.5 Å². The van der Waals surface area contributed by atoms with Crippen molar-refractivity contribution < 1.29 is 33.5 Å². The van der Waals surface area contributed by atoms with E-state index < -0.39 is 38.6 Å². The lowest BCUT2D eigenvalue weighted by Gasteiger charge is -2.24. The fourth-order valence-electron chi connectivity index (χ4n) is 7.62. The van der Waals surface area contributed by atoms with Crippen molar-refractivity contribution in [2.45, 2.75) is 263 Å². The number of allylic oxidation sites excluding steroid dienone is 5. The molecule has 4 unspecified atom stereocenters. The number of rotatable bonds is 48. The molecule has 61 heavy (non-hydrogen) atoms. The summed E-state index contributed by atoms with van der Waals surface area (Å²) in [6.45, 7) is 3.98. The van der Waals surface area contributed by atoms with E-state index in [1.165, 1.54) is 167 Å². The Bertz CT molecular complexity index is 1070. The molecule has 1 amide bonds. The zero-order valence-electron chi connectivity index (χ0n) is 39.8. The van der Waals surface area contributed by atoms with Gasteiger partial charge in [-0.25, -0.2) is 4.57 Å². The van der Waals surface area contributed by atoms with Gasteiger partial charge in [0, 0.05) is 6.54 Å². The molecular weight excluding hydrogens is 784 g/mol. The molecule has 0 radical (unpaired) electrons. The Morgan fingerprint density at radius 2 is 0.934 bits per heavy atom. The number of carbonyl (C=O) groups excluding carboxylic acids is 1. The molecule has 10 heteroatoms. The number of hydrogen-bond acceptors (Lipinski definition) is 7. The summed E-state index contributed by atoms with van der Waals surface area (Å²) in [6.07, 6.45) is 53.9. The molecule has 0 aromatic rings. The first-order valence-electron chi connectivity index (χ1n) is 25.7. The van der Waals surface area contributed by atoms with Gasteiger partial charge in [-0.05, 0) is 44.9 Å². The summed E-state index contributed by atoms with van der Waals surface area (Å²) in [6, 6.07) is -1.00. The number of aliphatic hydroxyl groups excluding tert-OH is 2. The van der Waals surface area contributed by atoms with Crippen molar-refractivity contribution in [1.29, 1.82) is 0 Å². The lowest BCUT2D eigenvalue weighted by atomic mass is 10.0. The molecule has 0 bridgehead atoms. The normalized spacial score (nSPS) is 14.7. The quantitative estimate of drug-likeness (QED) is 0.0230. The van der Waals surface area contributed by atoms with E-state index >= 15 is 0 Å². The second-order valence-corrected chi connectivity index (χ2v) is 19.0. The van der Waals surface area contributed by atoms with Crippen molar-refractivity contribution in [3.05, 3.63) is 36.5 Å². The highest BCUT2D eigenvalue weighted by atomic mass is 31.2. The summed E-state index contributed by atoms with van der Waals surface area (Å²) in [5, 5.41) is 24.1. The number of nitrogens with one attached hydrogen (secondary N) is 1. The lowest BCUT2D eigenvalue weighted by Crippen LogP contribution is -2.46. The van der Waals surface area contributed by atoms with Crippen LogP contribution in [0.5, 0.6) is 0 Å². The number of amides is 1. The van der Waals surface area contributed by atoms with Gasteiger partial charge in [0.05, 0.1) is 37.9 Å². The van der Waals surface area contributed by atoms with Gasteiger partial charge in [0.25, 0.3) is 0 Å². The van der Waals surface area contributed by atoms with Gasteiger partial charge in [-0.2, -0.15) is 0 Å². The molecule has 4 atom stereocenters. The third kappa shape index (κ3) is 45.1. The third-order valence-corrected chi connectivity index (χ3v) is 12.5. The minimum atomic E-state index is -4.42. The highest BCUT2D eigenvalue weighted by molar-refractivity contribution is 7.47. The molecule has 0 fully saturated rings. The first-order chi connectivity index (χ1) is 29.8. The van der Waals surface area contributed by atoms with Crippen LogP contribution in [0.2, 0.25) is 0 Å². The van der Waals surface area contributed by atoms with Crippen LogP contribution in [0.25, 0.3) is 0 Å². The van der Waals surface area contributed by atoms with Gasteiger partial charge >= 0.3 is 7.82 Å². The molecule has 0 spiro atoms. The van der Waals surface area contributed by atoms with E-state index in [0.29, 0.717) is 12.8 Å². The van der Waals surface area contributed by atoms with Crippen molar-refractivity contribution in [3.63, 3.8) is 0 Å². The molecule has 0 rings (SSSR count). The number of unbranched alkanes of at least 4 members (excludes halogenated alkanes) is 30. The summed E-state index contributed by atoms with van der Waals surface area (Å²) in [7, 11) is -4.42. The van der Waals surface area contributed by atoms with E-state index in [4.69, 9.17) is 14.8 Å². The van der Waals surface area contributed by atoms with E-state index in [1.54, 1.807) is 6.08 Å². The minimum Gasteiger partial charge on any atom is -0.393 e. The average molecular weight is 883 g/mol. The van der Waals surface area contributed by atoms with Crippen LogP contribution in [-0.4, -0.2) is 59.0 Å². The van der Waals surface area contributed by atoms with Gasteiger partial charge in [-0.1, -0.05) is 230 Å². The topological polar surface area (TPSA) is 151 Å². The Morgan fingerprint density at radius 3 is 1.36 bits per heavy atom. The fraction of sp³-hybridized carbons (Fsp3) is 0.863. The predicted octanol–water partition coefficient (Wildman–Crippen LogP) is 14.0. The standard InChI is InChI=1S/C51H99N2O7P/c1-3-5-7-9-11-13-15-17-19-21-23-24-25-27-29-31-33-35-37-39-41-43-50(55)49(47-60-61(57,58)59-45-44-52)53-51(56)46-48(54)42-40-38-36-34-32-30-28-26-22-20-18-16-14-12-10-8-6-4-2/h25,27,33,35,41,43,48-50,54-55H,3-24,26,28-32,34,36-40,42,44-47,52H2,1-2H3,(H,53,56)(H,57,58)/b27-25+,35-33+,43-41+. The zero-order chi connectivity index (χ0) is 44.8. The van der Waals surface area contributed by atoms with Crippen LogP contribution in [0, 0.1) is 0 Å². The molecule has 0 aromatic carbocycles. The van der Waals surface area contributed by atoms with Crippen LogP contribution in [-0.2, 0) is 18.4 Å². The Morgan fingerprint density at radius 1 is 0.557 bits per heavy atom. The van der Waals surface area contributed by atoms with Crippen LogP contribution < -0.4 is 11.1 Å². The first kappa shape index (κ1) is 59.7. The monoisotopic (exact) mass is 883 g/mol. The van der Waals surface area contributed by atoms with Crippen LogP contribution in [0.1, 0.15) is 245 Å². The summed E-state index contributed by atoms with van der Waals surface area (Å²) in [4.78, 5) is 22.9. The number of nitrogens with two attached hydrogens (primary N) is 1. The summed E-state index contributed by atoms with van der Waals surface area (Å²) in [5.41, 5.74) is 5.38.